The third-order valence-electron chi connectivity index (χ3n) is 2.80. The molecule has 0 radical (unpaired) electrons. The highest BCUT2D eigenvalue weighted by Gasteiger charge is 2.32. The quantitative estimate of drug-likeness (QED) is 0.571. The molecule has 1 rings (SSSR count). The zero-order chi connectivity index (χ0) is 17.6. The number of hydrogen-bond donors (Lipinski definition) is 0. The number of ether oxygens (including phenoxy) is 3. The van der Waals surface area contributed by atoms with E-state index in [1.165, 1.54) is 16.7 Å². The van der Waals surface area contributed by atoms with E-state index in [-0.39, 0.29) is 29.6 Å². The van der Waals surface area contributed by atoms with Crippen LogP contribution in [0.5, 0.6) is 0 Å². The number of rotatable bonds is 4. The van der Waals surface area contributed by atoms with Gasteiger partial charge in [-0.1, -0.05) is 0 Å². The maximum atomic E-state index is 12.1. The van der Waals surface area contributed by atoms with Gasteiger partial charge in [-0.25, -0.2) is 9.59 Å². The van der Waals surface area contributed by atoms with Gasteiger partial charge in [0.2, 0.25) is 0 Å². The minimum atomic E-state index is -0.744. The average molecular weight is 347 g/mol. The Hall–Kier alpha value is -1.44. The molecular weight excluding hydrogens is 322 g/mol. The molecule has 1 saturated heterocycles. The largest absolute Gasteiger partial charge is 0.509 e. The summed E-state index contributed by atoms with van der Waals surface area (Å²) in [4.78, 5) is 36.7. The first kappa shape index (κ1) is 19.6. The molecule has 1 fully saturated rings. The molecule has 132 valence electrons. The fourth-order valence-electron chi connectivity index (χ4n) is 1.85. The molecule has 0 saturated carbocycles. The van der Waals surface area contributed by atoms with Crippen LogP contribution in [-0.4, -0.2) is 58.9 Å². The highest BCUT2D eigenvalue weighted by atomic mass is 32.2. The second kappa shape index (κ2) is 8.42. The standard InChI is InChI=1S/C15H25NO6S/c1-10(2)21-14(19)20-9-23-12-6-7-16(8-11(12)17)13(18)22-15(3,4)5/h10,12H,6-9H2,1-5H3. The summed E-state index contributed by atoms with van der Waals surface area (Å²) in [6, 6.07) is 0. The van der Waals surface area contributed by atoms with Crippen LogP contribution in [-0.2, 0) is 19.0 Å². The molecule has 0 bridgehead atoms. The first-order valence-electron chi connectivity index (χ1n) is 7.54. The maximum absolute atomic E-state index is 12.1. The molecule has 0 N–H and O–H groups in total. The van der Waals surface area contributed by atoms with Crippen molar-refractivity contribution in [3.8, 4) is 0 Å². The molecule has 1 unspecified atom stereocenters. The smallest absolute Gasteiger partial charge is 0.444 e. The van der Waals surface area contributed by atoms with Crippen LogP contribution in [0.15, 0.2) is 0 Å². The third kappa shape index (κ3) is 7.58. The van der Waals surface area contributed by atoms with Crippen molar-refractivity contribution in [1.29, 1.82) is 0 Å². The van der Waals surface area contributed by atoms with E-state index in [1.807, 2.05) is 0 Å². The lowest BCUT2D eigenvalue weighted by atomic mass is 10.1. The molecule has 0 aromatic heterocycles. The minimum Gasteiger partial charge on any atom is -0.444 e. The van der Waals surface area contributed by atoms with E-state index in [4.69, 9.17) is 14.2 Å². The van der Waals surface area contributed by atoms with Crippen LogP contribution in [0.4, 0.5) is 9.59 Å². The number of likely N-dealkylation sites (tertiary alicyclic amines) is 1. The predicted molar refractivity (Wildman–Crippen MR) is 86.4 cm³/mol. The summed E-state index contributed by atoms with van der Waals surface area (Å²) in [6.07, 6.45) is -0.964. The van der Waals surface area contributed by atoms with Gasteiger partial charge in [-0.2, -0.15) is 0 Å². The molecular formula is C15H25NO6S. The molecule has 1 atom stereocenters. The van der Waals surface area contributed by atoms with Gasteiger partial charge >= 0.3 is 12.2 Å². The fourth-order valence-corrected chi connectivity index (χ4v) is 2.71. The van der Waals surface area contributed by atoms with Crippen molar-refractivity contribution >= 4 is 29.8 Å². The number of ketones is 1. The number of thioether (sulfide) groups is 1. The number of carbonyl (C=O) groups is 3. The van der Waals surface area contributed by atoms with Crippen molar-refractivity contribution in [2.45, 2.75) is 58.0 Å². The molecule has 8 heteroatoms. The molecule has 7 nitrogen and oxygen atoms in total. The Morgan fingerprint density at radius 3 is 2.52 bits per heavy atom. The number of carbonyl (C=O) groups excluding carboxylic acids is 3. The summed E-state index contributed by atoms with van der Waals surface area (Å²) >= 11 is 1.24. The average Bonchev–Trinajstić information content (AvgIpc) is 2.37. The summed E-state index contributed by atoms with van der Waals surface area (Å²) in [7, 11) is 0. The SMILES string of the molecule is CC(C)OC(=O)OCSC1CCN(C(=O)OC(C)(C)C)CC1=O. The highest BCUT2D eigenvalue weighted by molar-refractivity contribution is 8.00. The monoisotopic (exact) mass is 347 g/mol. The molecule has 1 aliphatic rings. The van der Waals surface area contributed by atoms with Gasteiger partial charge in [-0.05, 0) is 41.0 Å². The van der Waals surface area contributed by atoms with Crippen LogP contribution in [0.2, 0.25) is 0 Å². The van der Waals surface area contributed by atoms with Crippen molar-refractivity contribution < 1.29 is 28.6 Å². The van der Waals surface area contributed by atoms with Gasteiger partial charge in [0.15, 0.2) is 5.78 Å². The first-order chi connectivity index (χ1) is 10.6. The molecule has 0 aromatic rings. The van der Waals surface area contributed by atoms with Crippen molar-refractivity contribution in [2.24, 2.45) is 0 Å². The molecule has 23 heavy (non-hydrogen) atoms. The normalized spacial score (nSPS) is 18.8. The molecule has 1 heterocycles. The lowest BCUT2D eigenvalue weighted by molar-refractivity contribution is -0.121. The van der Waals surface area contributed by atoms with Gasteiger partial charge < -0.3 is 19.1 Å². The van der Waals surface area contributed by atoms with Crippen LogP contribution in [0.1, 0.15) is 41.0 Å². The zero-order valence-electron chi connectivity index (χ0n) is 14.3. The first-order valence-corrected chi connectivity index (χ1v) is 8.59. The third-order valence-corrected chi connectivity index (χ3v) is 3.95. The van der Waals surface area contributed by atoms with Crippen molar-refractivity contribution in [2.75, 3.05) is 19.0 Å². The number of nitrogens with zero attached hydrogens (tertiary/aromatic N) is 1. The lowest BCUT2D eigenvalue weighted by Gasteiger charge is -2.32. The van der Waals surface area contributed by atoms with E-state index in [9.17, 15) is 14.4 Å². The van der Waals surface area contributed by atoms with Crippen LogP contribution < -0.4 is 0 Å². The van der Waals surface area contributed by atoms with Crippen molar-refractivity contribution in [1.82, 2.24) is 4.90 Å². The van der Waals surface area contributed by atoms with E-state index in [0.717, 1.165) is 0 Å². The van der Waals surface area contributed by atoms with Gasteiger partial charge in [0.1, 0.15) is 11.5 Å². The Bertz CT molecular complexity index is 446. The van der Waals surface area contributed by atoms with Gasteiger partial charge in [0, 0.05) is 6.54 Å². The molecule has 1 aliphatic heterocycles. The van der Waals surface area contributed by atoms with E-state index in [2.05, 4.69) is 0 Å². The van der Waals surface area contributed by atoms with Crippen LogP contribution >= 0.6 is 11.8 Å². The summed E-state index contributed by atoms with van der Waals surface area (Å²) in [6.45, 7) is 9.25. The fraction of sp³-hybridized carbons (Fsp3) is 0.800. The second-order valence-electron chi connectivity index (χ2n) is 6.49. The molecule has 1 amide bonds. The topological polar surface area (TPSA) is 82.1 Å². The van der Waals surface area contributed by atoms with Crippen molar-refractivity contribution in [3.63, 3.8) is 0 Å². The van der Waals surface area contributed by atoms with Gasteiger partial charge in [-0.3, -0.25) is 4.79 Å². The van der Waals surface area contributed by atoms with Crippen LogP contribution in [0.25, 0.3) is 0 Å². The minimum absolute atomic E-state index is 0.0169. The molecule has 0 aromatic carbocycles. The van der Waals surface area contributed by atoms with E-state index in [1.54, 1.807) is 34.6 Å². The summed E-state index contributed by atoms with van der Waals surface area (Å²) in [5.41, 5.74) is -0.587. The Labute approximate surface area is 141 Å². The van der Waals surface area contributed by atoms with E-state index in [0.29, 0.717) is 13.0 Å². The zero-order valence-corrected chi connectivity index (χ0v) is 15.1. The summed E-state index contributed by atoms with van der Waals surface area (Å²) in [5, 5.41) is -0.291. The Kier molecular flexibility index (Phi) is 7.18. The summed E-state index contributed by atoms with van der Waals surface area (Å²) < 4.78 is 15.0. The van der Waals surface area contributed by atoms with Crippen LogP contribution in [0.3, 0.4) is 0 Å². The predicted octanol–water partition coefficient (Wildman–Crippen LogP) is 2.82. The van der Waals surface area contributed by atoms with Crippen LogP contribution in [0, 0.1) is 0 Å². The van der Waals surface area contributed by atoms with Crippen molar-refractivity contribution in [3.05, 3.63) is 0 Å². The lowest BCUT2D eigenvalue weighted by Crippen LogP contribution is -2.47. The number of Topliss-reactive ketones (excluding diaryl/α,β-unsaturated/α-hetero) is 1. The number of amides is 1. The van der Waals surface area contributed by atoms with Gasteiger partial charge in [-0.15, -0.1) is 11.8 Å². The number of hydrogen-bond acceptors (Lipinski definition) is 7. The molecule has 0 spiro atoms. The maximum Gasteiger partial charge on any atom is 0.509 e. The van der Waals surface area contributed by atoms with Gasteiger partial charge in [0.05, 0.1) is 17.9 Å². The molecule has 0 aliphatic carbocycles. The summed E-state index contributed by atoms with van der Waals surface area (Å²) in [5.74, 6) is -0.0260. The number of piperidine rings is 1. The second-order valence-corrected chi connectivity index (χ2v) is 7.63. The Morgan fingerprint density at radius 2 is 2.00 bits per heavy atom. The Morgan fingerprint density at radius 1 is 1.35 bits per heavy atom. The van der Waals surface area contributed by atoms with E-state index >= 15 is 0 Å². The Balaban J connectivity index is 2.34. The van der Waals surface area contributed by atoms with Gasteiger partial charge in [0.25, 0.3) is 0 Å². The van der Waals surface area contributed by atoms with E-state index < -0.39 is 17.8 Å². The highest BCUT2D eigenvalue weighted by Crippen LogP contribution is 2.22.